The second-order valence-electron chi connectivity index (χ2n) is 11.1. The van der Waals surface area contributed by atoms with E-state index >= 15 is 0 Å². The minimum absolute atomic E-state index is 0.0316. The summed E-state index contributed by atoms with van der Waals surface area (Å²) in [6.45, 7) is 13.6. The first kappa shape index (κ1) is 28.7. The van der Waals surface area contributed by atoms with Gasteiger partial charge in [0.1, 0.15) is 12.4 Å². The average molecular weight is 528 g/mol. The quantitative estimate of drug-likeness (QED) is 0.330. The molecule has 1 heterocycles. The van der Waals surface area contributed by atoms with Crippen LogP contribution in [0, 0.1) is 5.92 Å². The number of phenolic OH excluding ortho intramolecular Hbond substituents is 1. The maximum absolute atomic E-state index is 13.4. The van der Waals surface area contributed by atoms with Crippen molar-refractivity contribution < 1.29 is 28.6 Å². The number of nitrogens with zero attached hydrogens (tertiary/aromatic N) is 1. The summed E-state index contributed by atoms with van der Waals surface area (Å²) in [6, 6.07) is 15.9. The molecule has 2 aromatic rings. The molecule has 1 amide bonds. The number of hydrogen-bond acceptors (Lipinski definition) is 6. The lowest BCUT2D eigenvalue weighted by Crippen LogP contribution is -2.57. The maximum atomic E-state index is 13.4. The normalized spacial score (nSPS) is 20.4. The molecule has 202 valence electrons. The van der Waals surface area contributed by atoms with E-state index in [9.17, 15) is 14.7 Å². The van der Waals surface area contributed by atoms with Crippen LogP contribution in [0.5, 0.6) is 5.75 Å². The van der Waals surface area contributed by atoms with E-state index in [1.165, 1.54) is 0 Å². The summed E-state index contributed by atoms with van der Waals surface area (Å²) in [5.41, 5.74) is 1.82. The zero-order chi connectivity index (χ0) is 27.2. The number of esters is 1. The lowest BCUT2D eigenvalue weighted by Gasteiger charge is -2.45. The van der Waals surface area contributed by atoms with Gasteiger partial charge in [0.05, 0.1) is 25.2 Å². The van der Waals surface area contributed by atoms with Gasteiger partial charge in [0, 0.05) is 12.5 Å². The van der Waals surface area contributed by atoms with Crippen molar-refractivity contribution in [1.29, 1.82) is 0 Å². The number of phenols is 1. The summed E-state index contributed by atoms with van der Waals surface area (Å²) < 4.78 is 17.8. The fourth-order valence-electron chi connectivity index (χ4n) is 4.47. The second-order valence-corrected chi connectivity index (χ2v) is 15.9. The smallest absolute Gasteiger partial charge is 0.410 e. The molecule has 0 spiro atoms. The Hall–Kier alpha value is -2.84. The highest BCUT2D eigenvalue weighted by atomic mass is 28.4. The number of ether oxygens (including phenoxy) is 2. The van der Waals surface area contributed by atoms with Gasteiger partial charge in [-0.25, -0.2) is 4.79 Å². The molecule has 1 aliphatic rings. The Labute approximate surface area is 221 Å². The lowest BCUT2D eigenvalue weighted by molar-refractivity contribution is -0.153. The predicted octanol–water partition coefficient (Wildman–Crippen LogP) is 6.09. The zero-order valence-corrected chi connectivity index (χ0v) is 23.9. The number of benzene rings is 2. The molecule has 8 heteroatoms. The Kier molecular flexibility index (Phi) is 9.42. The largest absolute Gasteiger partial charge is 0.508 e. The van der Waals surface area contributed by atoms with Gasteiger partial charge in [-0.1, -0.05) is 63.2 Å². The summed E-state index contributed by atoms with van der Waals surface area (Å²) in [5.74, 6) is -1.01. The fourth-order valence-corrected chi connectivity index (χ4v) is 5.49. The van der Waals surface area contributed by atoms with Crippen LogP contribution < -0.4 is 0 Å². The molecule has 3 unspecified atom stereocenters. The Balaban J connectivity index is 1.94. The molecule has 3 rings (SSSR count). The molecule has 0 saturated carbocycles. The fraction of sp³-hybridized carbons (Fsp3) is 0.517. The summed E-state index contributed by atoms with van der Waals surface area (Å²) in [7, 11) is -2.18. The standard InChI is InChI=1S/C29H41NO6Si/c1-7-34-27(32)26-24(22-13-15-23(31)16-14-22)17-18-30(25(26)20-36-37(5,6)29(2,3)4)28(33)35-19-21-11-9-8-10-12-21/h8-16,24-26,31H,7,17-20H2,1-6H3. The highest BCUT2D eigenvalue weighted by Crippen LogP contribution is 2.41. The first-order chi connectivity index (χ1) is 17.4. The topological polar surface area (TPSA) is 85.3 Å². The van der Waals surface area contributed by atoms with Crippen molar-refractivity contribution in [3.05, 3.63) is 65.7 Å². The number of rotatable bonds is 8. The van der Waals surface area contributed by atoms with Gasteiger partial charge in [-0.05, 0) is 54.7 Å². The average Bonchev–Trinajstić information content (AvgIpc) is 2.86. The Morgan fingerprint density at radius 1 is 1.03 bits per heavy atom. The van der Waals surface area contributed by atoms with Crippen LogP contribution in [-0.2, 0) is 25.3 Å². The predicted molar refractivity (Wildman–Crippen MR) is 146 cm³/mol. The Bertz CT molecular complexity index is 1030. The molecule has 0 radical (unpaired) electrons. The molecule has 7 nitrogen and oxygen atoms in total. The number of piperidine rings is 1. The van der Waals surface area contributed by atoms with Crippen LogP contribution in [0.2, 0.25) is 18.1 Å². The van der Waals surface area contributed by atoms with E-state index in [-0.39, 0.29) is 42.5 Å². The highest BCUT2D eigenvalue weighted by molar-refractivity contribution is 6.74. The molecule has 0 aliphatic carbocycles. The van der Waals surface area contributed by atoms with Crippen LogP contribution in [0.3, 0.4) is 0 Å². The molecule has 2 aromatic carbocycles. The number of carbonyl (C=O) groups is 2. The van der Waals surface area contributed by atoms with Gasteiger partial charge >= 0.3 is 12.1 Å². The van der Waals surface area contributed by atoms with Crippen molar-refractivity contribution in [2.75, 3.05) is 19.8 Å². The van der Waals surface area contributed by atoms with Crippen LogP contribution in [0.25, 0.3) is 0 Å². The molecular weight excluding hydrogens is 486 g/mol. The molecule has 1 N–H and O–H groups in total. The van der Waals surface area contributed by atoms with Crippen LogP contribution in [0.1, 0.15) is 51.2 Å². The van der Waals surface area contributed by atoms with E-state index < -0.39 is 26.4 Å². The van der Waals surface area contributed by atoms with E-state index in [0.717, 1.165) is 11.1 Å². The van der Waals surface area contributed by atoms with Gasteiger partial charge in [-0.2, -0.15) is 0 Å². The zero-order valence-electron chi connectivity index (χ0n) is 22.9. The summed E-state index contributed by atoms with van der Waals surface area (Å²) in [5, 5.41) is 9.78. The monoisotopic (exact) mass is 527 g/mol. The maximum Gasteiger partial charge on any atom is 0.410 e. The van der Waals surface area contributed by atoms with Crippen LogP contribution in [0.4, 0.5) is 4.79 Å². The molecule has 0 bridgehead atoms. The number of aromatic hydroxyl groups is 1. The molecule has 1 fully saturated rings. The van der Waals surface area contributed by atoms with Gasteiger partial charge in [-0.3, -0.25) is 4.79 Å². The van der Waals surface area contributed by atoms with E-state index in [0.29, 0.717) is 13.0 Å². The first-order valence-electron chi connectivity index (χ1n) is 13.0. The number of carbonyl (C=O) groups excluding carboxylic acids is 2. The van der Waals surface area contributed by atoms with Crippen LogP contribution >= 0.6 is 0 Å². The molecular formula is C29H41NO6Si. The Morgan fingerprint density at radius 2 is 1.68 bits per heavy atom. The molecule has 1 saturated heterocycles. The van der Waals surface area contributed by atoms with Crippen molar-refractivity contribution in [2.24, 2.45) is 5.92 Å². The van der Waals surface area contributed by atoms with E-state index in [4.69, 9.17) is 13.9 Å². The van der Waals surface area contributed by atoms with Crippen LogP contribution in [0.15, 0.2) is 54.6 Å². The minimum atomic E-state index is -2.18. The lowest BCUT2D eigenvalue weighted by atomic mass is 9.76. The summed E-state index contributed by atoms with van der Waals surface area (Å²) in [4.78, 5) is 28.5. The van der Waals surface area contributed by atoms with Crippen molar-refractivity contribution in [3.8, 4) is 5.75 Å². The molecule has 3 atom stereocenters. The third kappa shape index (κ3) is 7.14. The number of hydrogen-bond donors (Lipinski definition) is 1. The third-order valence-electron chi connectivity index (χ3n) is 7.67. The summed E-state index contributed by atoms with van der Waals surface area (Å²) in [6.07, 6.45) is 0.0943. The minimum Gasteiger partial charge on any atom is -0.508 e. The molecule has 0 aromatic heterocycles. The van der Waals surface area contributed by atoms with Gasteiger partial charge in [0.2, 0.25) is 0 Å². The van der Waals surface area contributed by atoms with Gasteiger partial charge in [0.25, 0.3) is 0 Å². The number of likely N-dealkylation sites (tertiary alicyclic amines) is 1. The van der Waals surface area contributed by atoms with E-state index in [1.807, 2.05) is 42.5 Å². The van der Waals surface area contributed by atoms with Crippen molar-refractivity contribution in [2.45, 2.75) is 70.8 Å². The first-order valence-corrected chi connectivity index (χ1v) is 15.9. The summed E-state index contributed by atoms with van der Waals surface area (Å²) >= 11 is 0. The van der Waals surface area contributed by atoms with Gasteiger partial charge in [-0.15, -0.1) is 0 Å². The Morgan fingerprint density at radius 3 is 2.27 bits per heavy atom. The van der Waals surface area contributed by atoms with Gasteiger partial charge < -0.3 is 23.9 Å². The van der Waals surface area contributed by atoms with Crippen molar-refractivity contribution >= 4 is 20.4 Å². The number of amides is 1. The second kappa shape index (κ2) is 12.1. The SMILES string of the molecule is CCOC(=O)C1C(c2ccc(O)cc2)CCN(C(=O)OCc2ccccc2)C1CO[Si](C)(C)C(C)(C)C. The van der Waals surface area contributed by atoms with Crippen LogP contribution in [-0.4, -0.2) is 56.2 Å². The van der Waals surface area contributed by atoms with E-state index in [1.54, 1.807) is 24.0 Å². The third-order valence-corrected chi connectivity index (χ3v) is 12.2. The molecule has 1 aliphatic heterocycles. The van der Waals surface area contributed by atoms with E-state index in [2.05, 4.69) is 33.9 Å². The molecule has 37 heavy (non-hydrogen) atoms. The van der Waals surface area contributed by atoms with Gasteiger partial charge in [0.15, 0.2) is 8.32 Å². The van der Waals surface area contributed by atoms with Crippen molar-refractivity contribution in [3.63, 3.8) is 0 Å². The highest BCUT2D eigenvalue weighted by Gasteiger charge is 2.48. The van der Waals surface area contributed by atoms with Crippen molar-refractivity contribution in [1.82, 2.24) is 4.90 Å².